The van der Waals surface area contributed by atoms with Crippen LogP contribution in [-0.2, 0) is 6.54 Å². The minimum Gasteiger partial charge on any atom is -0.489 e. The van der Waals surface area contributed by atoms with Gasteiger partial charge in [0.25, 0.3) is 5.91 Å². The van der Waals surface area contributed by atoms with E-state index in [0.29, 0.717) is 12.2 Å². The second-order valence-electron chi connectivity index (χ2n) is 6.89. The maximum Gasteiger partial charge on any atom is 0.270 e. The van der Waals surface area contributed by atoms with E-state index in [1.54, 1.807) is 12.3 Å². The number of ether oxygens (including phenoxy) is 1. The van der Waals surface area contributed by atoms with E-state index in [0.717, 1.165) is 22.7 Å². The van der Waals surface area contributed by atoms with Crippen LogP contribution >= 0.6 is 0 Å². The van der Waals surface area contributed by atoms with E-state index < -0.39 is 0 Å². The van der Waals surface area contributed by atoms with Crippen molar-refractivity contribution in [3.05, 3.63) is 83.7 Å². The number of pyridine rings is 1. The molecule has 28 heavy (non-hydrogen) atoms. The summed E-state index contributed by atoms with van der Waals surface area (Å²) >= 11 is 0. The third-order valence-electron chi connectivity index (χ3n) is 4.09. The van der Waals surface area contributed by atoms with Crippen LogP contribution in [0.15, 0.2) is 66.9 Å². The molecule has 0 spiro atoms. The number of carbonyl (C=O) groups excluding carboxylic acids is 1. The van der Waals surface area contributed by atoms with Crippen molar-refractivity contribution in [3.8, 4) is 5.75 Å². The van der Waals surface area contributed by atoms with Crippen molar-refractivity contribution in [1.82, 2.24) is 10.3 Å². The fourth-order valence-electron chi connectivity index (χ4n) is 2.69. The average Bonchev–Trinajstić information content (AvgIpc) is 2.69. The van der Waals surface area contributed by atoms with Gasteiger partial charge in [0.05, 0.1) is 11.8 Å². The predicted molar refractivity (Wildman–Crippen MR) is 112 cm³/mol. The summed E-state index contributed by atoms with van der Waals surface area (Å²) in [6.07, 6.45) is 1.69. The first-order valence-electron chi connectivity index (χ1n) is 9.34. The zero-order valence-electron chi connectivity index (χ0n) is 16.4. The van der Waals surface area contributed by atoms with Gasteiger partial charge in [0.1, 0.15) is 11.4 Å². The zero-order chi connectivity index (χ0) is 19.9. The van der Waals surface area contributed by atoms with E-state index >= 15 is 0 Å². The summed E-state index contributed by atoms with van der Waals surface area (Å²) in [5.74, 6) is 0.552. The molecule has 0 aliphatic rings. The molecule has 3 rings (SSSR count). The minimum atomic E-state index is -0.212. The Balaban J connectivity index is 1.68. The van der Waals surface area contributed by atoms with Gasteiger partial charge in [-0.1, -0.05) is 42.0 Å². The van der Waals surface area contributed by atoms with Gasteiger partial charge in [-0.3, -0.25) is 9.78 Å². The first kappa shape index (κ1) is 19.4. The van der Waals surface area contributed by atoms with Crippen LogP contribution in [0.25, 0.3) is 0 Å². The van der Waals surface area contributed by atoms with Crippen LogP contribution < -0.4 is 15.4 Å². The highest BCUT2D eigenvalue weighted by Crippen LogP contribution is 2.28. The number of hydrogen-bond acceptors (Lipinski definition) is 4. The highest BCUT2D eigenvalue weighted by molar-refractivity contribution is 5.93. The molecule has 1 amide bonds. The molecule has 0 bridgehead atoms. The number of amides is 1. The zero-order valence-corrected chi connectivity index (χ0v) is 16.4. The smallest absolute Gasteiger partial charge is 0.270 e. The molecule has 0 saturated carbocycles. The third kappa shape index (κ3) is 5.33. The van der Waals surface area contributed by atoms with Crippen molar-refractivity contribution in [2.75, 3.05) is 5.32 Å². The number of anilines is 2. The normalized spacial score (nSPS) is 10.6. The van der Waals surface area contributed by atoms with Gasteiger partial charge in [-0.25, -0.2) is 0 Å². The Morgan fingerprint density at radius 1 is 1.07 bits per heavy atom. The van der Waals surface area contributed by atoms with Crippen molar-refractivity contribution < 1.29 is 9.53 Å². The molecule has 0 aliphatic carbocycles. The lowest BCUT2D eigenvalue weighted by Crippen LogP contribution is -2.23. The summed E-state index contributed by atoms with van der Waals surface area (Å²) in [4.78, 5) is 16.7. The van der Waals surface area contributed by atoms with Crippen molar-refractivity contribution in [3.63, 3.8) is 0 Å². The van der Waals surface area contributed by atoms with E-state index in [2.05, 4.69) is 15.6 Å². The van der Waals surface area contributed by atoms with Gasteiger partial charge in [0, 0.05) is 18.4 Å². The molecule has 5 nitrogen and oxygen atoms in total. The van der Waals surface area contributed by atoms with Crippen molar-refractivity contribution in [2.45, 2.75) is 33.4 Å². The van der Waals surface area contributed by atoms with Gasteiger partial charge in [0.15, 0.2) is 0 Å². The molecule has 3 aromatic rings. The predicted octanol–water partition coefficient (Wildman–Crippen LogP) is 4.85. The Kier molecular flexibility index (Phi) is 6.27. The Morgan fingerprint density at radius 3 is 2.57 bits per heavy atom. The number of nitrogens with zero attached hydrogens (tertiary/aromatic N) is 1. The van der Waals surface area contributed by atoms with E-state index in [4.69, 9.17) is 4.74 Å². The molecule has 5 heteroatoms. The quantitative estimate of drug-likeness (QED) is 0.620. The molecular weight excluding hydrogens is 350 g/mol. The monoisotopic (exact) mass is 375 g/mol. The Labute approximate surface area is 165 Å². The summed E-state index contributed by atoms with van der Waals surface area (Å²) in [7, 11) is 0. The van der Waals surface area contributed by atoms with Crippen LogP contribution in [-0.4, -0.2) is 17.0 Å². The maximum absolute atomic E-state index is 12.5. The van der Waals surface area contributed by atoms with Crippen molar-refractivity contribution in [1.29, 1.82) is 0 Å². The minimum absolute atomic E-state index is 0.0727. The lowest BCUT2D eigenvalue weighted by atomic mass is 10.1. The second-order valence-corrected chi connectivity index (χ2v) is 6.89. The Hall–Kier alpha value is -3.34. The molecular formula is C23H25N3O2. The molecule has 0 unspecified atom stereocenters. The molecule has 0 fully saturated rings. The molecule has 0 atom stereocenters. The molecule has 0 radical (unpaired) electrons. The van der Waals surface area contributed by atoms with Crippen LogP contribution in [0, 0.1) is 6.92 Å². The molecule has 0 aliphatic heterocycles. The molecule has 2 aromatic carbocycles. The lowest BCUT2D eigenvalue weighted by molar-refractivity contribution is 0.0946. The Morgan fingerprint density at radius 2 is 1.82 bits per heavy atom. The number of carbonyl (C=O) groups is 1. The largest absolute Gasteiger partial charge is 0.489 e. The van der Waals surface area contributed by atoms with Gasteiger partial charge in [-0.15, -0.1) is 0 Å². The van der Waals surface area contributed by atoms with Gasteiger partial charge >= 0.3 is 0 Å². The van der Waals surface area contributed by atoms with Crippen molar-refractivity contribution >= 4 is 17.3 Å². The number of hydrogen-bond donors (Lipinski definition) is 2. The van der Waals surface area contributed by atoms with Gasteiger partial charge in [-0.2, -0.15) is 0 Å². The molecule has 1 heterocycles. The summed E-state index contributed by atoms with van der Waals surface area (Å²) in [6.45, 7) is 6.47. The highest BCUT2D eigenvalue weighted by atomic mass is 16.5. The van der Waals surface area contributed by atoms with Crippen molar-refractivity contribution in [2.24, 2.45) is 0 Å². The lowest BCUT2D eigenvalue weighted by Gasteiger charge is -2.15. The number of aromatic nitrogens is 1. The standard InChI is InChI=1S/C23H25N3O2/c1-16(2)28-22-7-5-4-6-20(22)26-19-12-13-24-21(14-19)23(27)25-15-18-10-8-17(3)9-11-18/h4-14,16H,15H2,1-3H3,(H,24,26)(H,25,27). The fourth-order valence-corrected chi connectivity index (χ4v) is 2.69. The SMILES string of the molecule is Cc1ccc(CNC(=O)c2cc(Nc3ccccc3OC(C)C)ccn2)cc1. The fraction of sp³-hybridized carbons (Fsp3) is 0.217. The molecule has 144 valence electrons. The first-order chi connectivity index (χ1) is 13.5. The van der Waals surface area contributed by atoms with Crippen LogP contribution in [0.4, 0.5) is 11.4 Å². The third-order valence-corrected chi connectivity index (χ3v) is 4.09. The van der Waals surface area contributed by atoms with Gasteiger partial charge < -0.3 is 15.4 Å². The molecule has 1 aromatic heterocycles. The number of nitrogens with one attached hydrogen (secondary N) is 2. The first-order valence-corrected chi connectivity index (χ1v) is 9.34. The van der Waals surface area contributed by atoms with E-state index in [-0.39, 0.29) is 12.0 Å². The van der Waals surface area contributed by atoms with Crippen LogP contribution in [0.1, 0.15) is 35.5 Å². The van der Waals surface area contributed by atoms with Gasteiger partial charge in [-0.05, 0) is 50.6 Å². The van der Waals surface area contributed by atoms with Crippen LogP contribution in [0.5, 0.6) is 5.75 Å². The summed E-state index contributed by atoms with van der Waals surface area (Å²) in [5, 5.41) is 6.22. The number of benzene rings is 2. The summed E-state index contributed by atoms with van der Waals surface area (Å²) < 4.78 is 5.83. The molecule has 2 N–H and O–H groups in total. The topological polar surface area (TPSA) is 63.2 Å². The van der Waals surface area contributed by atoms with E-state index in [1.807, 2.05) is 75.4 Å². The van der Waals surface area contributed by atoms with Crippen LogP contribution in [0.3, 0.4) is 0 Å². The Bertz CT molecular complexity index is 937. The maximum atomic E-state index is 12.5. The molecule has 0 saturated heterocycles. The highest BCUT2D eigenvalue weighted by Gasteiger charge is 2.10. The van der Waals surface area contributed by atoms with Gasteiger partial charge in [0.2, 0.25) is 0 Å². The summed E-state index contributed by atoms with van der Waals surface area (Å²) in [6, 6.07) is 19.3. The van der Waals surface area contributed by atoms with E-state index in [1.165, 1.54) is 5.56 Å². The van der Waals surface area contributed by atoms with E-state index in [9.17, 15) is 4.79 Å². The number of para-hydroxylation sites is 2. The number of rotatable bonds is 7. The van der Waals surface area contributed by atoms with Crippen LogP contribution in [0.2, 0.25) is 0 Å². The second kappa shape index (κ2) is 9.04. The average molecular weight is 375 g/mol. The summed E-state index contributed by atoms with van der Waals surface area (Å²) in [5.41, 5.74) is 4.22. The number of aryl methyl sites for hydroxylation is 1.